The molecule has 0 atom stereocenters. The fraction of sp³-hybridized carbons (Fsp3) is 0.467. The molecule has 1 aromatic carbocycles. The minimum absolute atomic E-state index is 0.310. The third-order valence-corrected chi connectivity index (χ3v) is 4.28. The Morgan fingerprint density at radius 1 is 1.42 bits per heavy atom. The fourth-order valence-electron chi connectivity index (χ4n) is 3.19. The standard InChI is InChI=1S/C15H18N4/c1-15(7-2-3-8-15)10-19-12-6-4-5-11(9-16)13(12)18-14(19)17/h4-6H,2-3,7-8,10H2,1H3,(H2,17,18). The lowest BCUT2D eigenvalue weighted by atomic mass is 9.89. The van der Waals surface area contributed by atoms with Crippen molar-refractivity contribution in [3.63, 3.8) is 0 Å². The molecular weight excluding hydrogens is 236 g/mol. The number of fused-ring (bicyclic) bond motifs is 1. The molecule has 0 amide bonds. The summed E-state index contributed by atoms with van der Waals surface area (Å²) in [5.74, 6) is 0.519. The number of benzene rings is 1. The molecule has 0 bridgehead atoms. The van der Waals surface area contributed by atoms with E-state index in [9.17, 15) is 0 Å². The number of hydrogen-bond acceptors (Lipinski definition) is 3. The van der Waals surface area contributed by atoms with E-state index in [4.69, 9.17) is 11.0 Å². The molecule has 4 nitrogen and oxygen atoms in total. The number of nitrogens with two attached hydrogens (primary N) is 1. The number of imidazole rings is 1. The smallest absolute Gasteiger partial charge is 0.201 e. The molecule has 1 fully saturated rings. The number of aromatic nitrogens is 2. The minimum atomic E-state index is 0.310. The van der Waals surface area contributed by atoms with Crippen molar-refractivity contribution >= 4 is 17.0 Å². The van der Waals surface area contributed by atoms with E-state index in [1.807, 2.05) is 12.1 Å². The summed E-state index contributed by atoms with van der Waals surface area (Å²) in [6.45, 7) is 3.21. The fourth-order valence-corrected chi connectivity index (χ4v) is 3.19. The zero-order valence-corrected chi connectivity index (χ0v) is 11.2. The van der Waals surface area contributed by atoms with Crippen molar-refractivity contribution in [1.29, 1.82) is 5.26 Å². The third-order valence-electron chi connectivity index (χ3n) is 4.28. The Morgan fingerprint density at radius 2 is 2.16 bits per heavy atom. The molecule has 0 radical (unpaired) electrons. The molecule has 19 heavy (non-hydrogen) atoms. The van der Waals surface area contributed by atoms with E-state index >= 15 is 0 Å². The van der Waals surface area contributed by atoms with E-state index in [1.165, 1.54) is 25.7 Å². The van der Waals surface area contributed by atoms with E-state index in [2.05, 4.69) is 22.5 Å². The summed E-state index contributed by atoms with van der Waals surface area (Å²) in [6, 6.07) is 7.87. The van der Waals surface area contributed by atoms with Crippen LogP contribution in [0.5, 0.6) is 0 Å². The maximum Gasteiger partial charge on any atom is 0.201 e. The molecule has 1 saturated carbocycles. The highest BCUT2D eigenvalue weighted by Gasteiger charge is 2.30. The Balaban J connectivity index is 2.09. The molecule has 1 aliphatic carbocycles. The zero-order chi connectivity index (χ0) is 13.5. The molecule has 98 valence electrons. The lowest BCUT2D eigenvalue weighted by Crippen LogP contribution is -2.20. The molecule has 0 spiro atoms. The molecule has 0 saturated heterocycles. The molecule has 1 heterocycles. The van der Waals surface area contributed by atoms with E-state index in [0.717, 1.165) is 17.6 Å². The van der Waals surface area contributed by atoms with Crippen LogP contribution in [0.25, 0.3) is 11.0 Å². The van der Waals surface area contributed by atoms with Gasteiger partial charge in [-0.15, -0.1) is 0 Å². The van der Waals surface area contributed by atoms with E-state index in [-0.39, 0.29) is 0 Å². The SMILES string of the molecule is CC1(Cn2c(N)nc3c(C#N)cccc32)CCCC1. The summed E-state index contributed by atoms with van der Waals surface area (Å²) in [4.78, 5) is 4.38. The third kappa shape index (κ3) is 1.95. The summed E-state index contributed by atoms with van der Waals surface area (Å²) in [5, 5.41) is 9.13. The van der Waals surface area contributed by atoms with Crippen LogP contribution >= 0.6 is 0 Å². The second-order valence-electron chi connectivity index (χ2n) is 5.86. The number of hydrogen-bond donors (Lipinski definition) is 1. The predicted molar refractivity (Wildman–Crippen MR) is 75.4 cm³/mol. The van der Waals surface area contributed by atoms with Crippen LogP contribution < -0.4 is 5.73 Å². The first kappa shape index (κ1) is 12.0. The number of anilines is 1. The van der Waals surface area contributed by atoms with Crippen LogP contribution in [0.2, 0.25) is 0 Å². The van der Waals surface area contributed by atoms with Crippen LogP contribution in [0, 0.1) is 16.7 Å². The number of nitrogen functional groups attached to an aromatic ring is 1. The molecule has 3 rings (SSSR count). The van der Waals surface area contributed by atoms with Gasteiger partial charge in [0.2, 0.25) is 5.95 Å². The van der Waals surface area contributed by atoms with Gasteiger partial charge in [-0.1, -0.05) is 25.8 Å². The maximum atomic E-state index is 9.13. The van der Waals surface area contributed by atoms with Gasteiger partial charge in [0, 0.05) is 6.54 Å². The van der Waals surface area contributed by atoms with Crippen LogP contribution in [0.3, 0.4) is 0 Å². The summed E-state index contributed by atoms with van der Waals surface area (Å²) in [6.07, 6.45) is 5.08. The summed E-state index contributed by atoms with van der Waals surface area (Å²) < 4.78 is 2.07. The van der Waals surface area contributed by atoms with E-state index in [1.54, 1.807) is 6.07 Å². The highest BCUT2D eigenvalue weighted by molar-refractivity contribution is 5.83. The predicted octanol–water partition coefficient (Wildman–Crippen LogP) is 3.07. The number of para-hydroxylation sites is 1. The van der Waals surface area contributed by atoms with E-state index in [0.29, 0.717) is 16.9 Å². The number of rotatable bonds is 2. The summed E-state index contributed by atoms with van der Waals surface area (Å²) in [5.41, 5.74) is 8.67. The summed E-state index contributed by atoms with van der Waals surface area (Å²) >= 11 is 0. The van der Waals surface area contributed by atoms with Gasteiger partial charge >= 0.3 is 0 Å². The van der Waals surface area contributed by atoms with Crippen molar-refractivity contribution in [3.8, 4) is 6.07 Å². The first-order valence-electron chi connectivity index (χ1n) is 6.78. The minimum Gasteiger partial charge on any atom is -0.369 e. The molecule has 4 heteroatoms. The van der Waals surface area contributed by atoms with Gasteiger partial charge in [0.05, 0.1) is 11.1 Å². The van der Waals surface area contributed by atoms with Gasteiger partial charge in [-0.05, 0) is 30.4 Å². The highest BCUT2D eigenvalue weighted by Crippen LogP contribution is 2.40. The van der Waals surface area contributed by atoms with Crippen LogP contribution in [0.1, 0.15) is 38.2 Å². The Hall–Kier alpha value is -2.02. The van der Waals surface area contributed by atoms with Crippen molar-refractivity contribution in [1.82, 2.24) is 9.55 Å². The molecular formula is C15H18N4. The average molecular weight is 254 g/mol. The first-order chi connectivity index (χ1) is 9.13. The van der Waals surface area contributed by atoms with Crippen molar-refractivity contribution in [2.24, 2.45) is 5.41 Å². The molecule has 1 aromatic heterocycles. The van der Waals surface area contributed by atoms with Crippen LogP contribution in [-0.4, -0.2) is 9.55 Å². The Bertz CT molecular complexity index is 657. The zero-order valence-electron chi connectivity index (χ0n) is 11.2. The van der Waals surface area contributed by atoms with Crippen molar-refractivity contribution < 1.29 is 0 Å². The Morgan fingerprint density at radius 3 is 2.84 bits per heavy atom. The van der Waals surface area contributed by atoms with Gasteiger partial charge in [-0.2, -0.15) is 5.26 Å². The molecule has 1 aliphatic rings. The van der Waals surface area contributed by atoms with Crippen LogP contribution in [0.15, 0.2) is 18.2 Å². The molecule has 0 unspecified atom stereocenters. The Kier molecular flexibility index (Phi) is 2.70. The normalized spacial score (nSPS) is 17.7. The van der Waals surface area contributed by atoms with Gasteiger partial charge in [-0.3, -0.25) is 0 Å². The van der Waals surface area contributed by atoms with Gasteiger partial charge in [0.1, 0.15) is 11.6 Å². The van der Waals surface area contributed by atoms with E-state index < -0.39 is 0 Å². The van der Waals surface area contributed by atoms with Gasteiger partial charge in [0.25, 0.3) is 0 Å². The van der Waals surface area contributed by atoms with Gasteiger partial charge in [-0.25, -0.2) is 4.98 Å². The van der Waals surface area contributed by atoms with Crippen LogP contribution in [0.4, 0.5) is 5.95 Å². The second kappa shape index (κ2) is 4.27. The second-order valence-corrected chi connectivity index (χ2v) is 5.86. The highest BCUT2D eigenvalue weighted by atomic mass is 15.2. The van der Waals surface area contributed by atoms with Gasteiger partial charge in [0.15, 0.2) is 0 Å². The molecule has 2 N–H and O–H groups in total. The maximum absolute atomic E-state index is 9.13. The average Bonchev–Trinajstić information content (AvgIpc) is 2.95. The monoisotopic (exact) mass is 254 g/mol. The largest absolute Gasteiger partial charge is 0.369 e. The lowest BCUT2D eigenvalue weighted by Gasteiger charge is -2.24. The molecule has 2 aromatic rings. The first-order valence-corrected chi connectivity index (χ1v) is 6.78. The van der Waals surface area contributed by atoms with Crippen molar-refractivity contribution in [2.45, 2.75) is 39.2 Å². The topological polar surface area (TPSA) is 67.6 Å². The number of nitrogens with zero attached hydrogens (tertiary/aromatic N) is 3. The van der Waals surface area contributed by atoms with Crippen LogP contribution in [-0.2, 0) is 6.54 Å². The van der Waals surface area contributed by atoms with Crippen molar-refractivity contribution in [3.05, 3.63) is 23.8 Å². The Labute approximate surface area is 112 Å². The molecule has 0 aliphatic heterocycles. The lowest BCUT2D eigenvalue weighted by molar-refractivity contribution is 0.287. The summed E-state index contributed by atoms with van der Waals surface area (Å²) in [7, 11) is 0. The quantitative estimate of drug-likeness (QED) is 0.895. The van der Waals surface area contributed by atoms with Crippen molar-refractivity contribution in [2.75, 3.05) is 5.73 Å². The van der Waals surface area contributed by atoms with Gasteiger partial charge < -0.3 is 10.3 Å². The number of nitriles is 1.